The Morgan fingerprint density at radius 1 is 1.40 bits per heavy atom. The second-order valence-corrected chi connectivity index (χ2v) is 5.26. The first kappa shape index (κ1) is 15.0. The van der Waals surface area contributed by atoms with Gasteiger partial charge in [0.05, 0.1) is 16.4 Å². The molecule has 0 saturated heterocycles. The second-order valence-electron chi connectivity index (χ2n) is 4.89. The van der Waals surface area contributed by atoms with Gasteiger partial charge in [-0.25, -0.2) is 9.07 Å². The summed E-state index contributed by atoms with van der Waals surface area (Å²) in [6.45, 7) is 8.52. The van der Waals surface area contributed by atoms with Crippen LogP contribution in [0.1, 0.15) is 36.8 Å². The Morgan fingerprint density at radius 2 is 2.10 bits per heavy atom. The summed E-state index contributed by atoms with van der Waals surface area (Å²) in [7, 11) is 0. The normalized spacial score (nSPS) is 12.7. The highest BCUT2D eigenvalue weighted by atomic mass is 35.5. The SMILES string of the molecule is CCNC(C)c1ccc(-n2nc(C)c(Cl)c2C)c(F)c1. The molecule has 1 aromatic heterocycles. The Labute approximate surface area is 123 Å². The molecule has 0 fully saturated rings. The zero-order valence-electron chi connectivity index (χ0n) is 12.2. The number of benzene rings is 1. The molecular weight excluding hydrogens is 277 g/mol. The Morgan fingerprint density at radius 3 is 2.60 bits per heavy atom. The molecule has 1 unspecified atom stereocenters. The van der Waals surface area contributed by atoms with E-state index < -0.39 is 0 Å². The van der Waals surface area contributed by atoms with Gasteiger partial charge in [0.1, 0.15) is 11.5 Å². The van der Waals surface area contributed by atoms with Gasteiger partial charge in [-0.05, 0) is 45.0 Å². The van der Waals surface area contributed by atoms with E-state index in [4.69, 9.17) is 11.6 Å². The van der Waals surface area contributed by atoms with Crippen LogP contribution in [0.15, 0.2) is 18.2 Å². The lowest BCUT2D eigenvalue weighted by Gasteiger charge is -2.14. The van der Waals surface area contributed by atoms with E-state index in [0.29, 0.717) is 16.4 Å². The van der Waals surface area contributed by atoms with Crippen LogP contribution in [0.3, 0.4) is 0 Å². The topological polar surface area (TPSA) is 29.9 Å². The van der Waals surface area contributed by atoms with Gasteiger partial charge in [-0.1, -0.05) is 24.6 Å². The monoisotopic (exact) mass is 295 g/mol. The van der Waals surface area contributed by atoms with E-state index in [1.807, 2.05) is 33.8 Å². The van der Waals surface area contributed by atoms with Crippen LogP contribution in [0.5, 0.6) is 0 Å². The quantitative estimate of drug-likeness (QED) is 0.925. The first-order valence-corrected chi connectivity index (χ1v) is 7.08. The summed E-state index contributed by atoms with van der Waals surface area (Å²) in [6.07, 6.45) is 0. The number of hydrogen-bond donors (Lipinski definition) is 1. The van der Waals surface area contributed by atoms with Gasteiger partial charge < -0.3 is 5.32 Å². The maximum Gasteiger partial charge on any atom is 0.149 e. The highest BCUT2D eigenvalue weighted by Gasteiger charge is 2.15. The second kappa shape index (κ2) is 5.94. The van der Waals surface area contributed by atoms with Crippen molar-refractivity contribution in [3.05, 3.63) is 46.0 Å². The van der Waals surface area contributed by atoms with Crippen molar-refractivity contribution in [2.75, 3.05) is 6.54 Å². The van der Waals surface area contributed by atoms with Gasteiger partial charge in [-0.15, -0.1) is 0 Å². The predicted molar refractivity (Wildman–Crippen MR) is 80.1 cm³/mol. The third kappa shape index (κ3) is 2.72. The molecule has 20 heavy (non-hydrogen) atoms. The van der Waals surface area contributed by atoms with Gasteiger partial charge in [0.2, 0.25) is 0 Å². The molecule has 1 N–H and O–H groups in total. The zero-order valence-corrected chi connectivity index (χ0v) is 12.9. The molecule has 1 aromatic carbocycles. The fourth-order valence-corrected chi connectivity index (χ4v) is 2.36. The van der Waals surface area contributed by atoms with E-state index >= 15 is 0 Å². The van der Waals surface area contributed by atoms with Crippen molar-refractivity contribution in [2.45, 2.75) is 33.7 Å². The first-order valence-electron chi connectivity index (χ1n) is 6.70. The molecule has 0 aliphatic heterocycles. The van der Waals surface area contributed by atoms with Crippen LogP contribution in [0.25, 0.3) is 5.69 Å². The number of hydrogen-bond acceptors (Lipinski definition) is 2. The number of halogens is 2. The van der Waals surface area contributed by atoms with Crippen molar-refractivity contribution in [3.8, 4) is 5.69 Å². The number of nitrogens with zero attached hydrogens (tertiary/aromatic N) is 2. The summed E-state index contributed by atoms with van der Waals surface area (Å²) in [4.78, 5) is 0. The molecule has 0 amide bonds. The summed E-state index contributed by atoms with van der Waals surface area (Å²) >= 11 is 6.11. The zero-order chi connectivity index (χ0) is 14.9. The number of aryl methyl sites for hydroxylation is 1. The smallest absolute Gasteiger partial charge is 0.149 e. The van der Waals surface area contributed by atoms with Crippen LogP contribution < -0.4 is 5.32 Å². The Hall–Kier alpha value is -1.39. The minimum absolute atomic E-state index is 0.118. The van der Waals surface area contributed by atoms with Crippen LogP contribution in [-0.2, 0) is 0 Å². The molecule has 1 heterocycles. The molecule has 108 valence electrons. The van der Waals surface area contributed by atoms with E-state index in [1.165, 1.54) is 0 Å². The van der Waals surface area contributed by atoms with Crippen molar-refractivity contribution >= 4 is 11.6 Å². The summed E-state index contributed by atoms with van der Waals surface area (Å²) in [5.41, 5.74) is 2.79. The average Bonchev–Trinajstić information content (AvgIpc) is 2.66. The van der Waals surface area contributed by atoms with Crippen molar-refractivity contribution < 1.29 is 4.39 Å². The third-order valence-electron chi connectivity index (χ3n) is 3.41. The van der Waals surface area contributed by atoms with Gasteiger partial charge >= 0.3 is 0 Å². The van der Waals surface area contributed by atoms with E-state index in [1.54, 1.807) is 16.8 Å². The molecule has 0 radical (unpaired) electrons. The highest BCUT2D eigenvalue weighted by molar-refractivity contribution is 6.31. The summed E-state index contributed by atoms with van der Waals surface area (Å²) < 4.78 is 15.9. The Kier molecular flexibility index (Phi) is 4.45. The standard InChI is InChI=1S/C15H19ClFN3/c1-5-18-9(2)12-6-7-14(13(17)8-12)20-11(4)15(16)10(3)19-20/h6-9,18H,5H2,1-4H3. The lowest BCUT2D eigenvalue weighted by molar-refractivity contribution is 0.576. The minimum atomic E-state index is -0.297. The van der Waals surface area contributed by atoms with E-state index in [2.05, 4.69) is 10.4 Å². The van der Waals surface area contributed by atoms with Gasteiger partial charge in [-0.3, -0.25) is 0 Å². The molecule has 2 rings (SSSR count). The Bertz CT molecular complexity index is 622. The number of nitrogens with one attached hydrogen (secondary N) is 1. The molecule has 0 aliphatic rings. The number of aromatic nitrogens is 2. The maximum absolute atomic E-state index is 14.3. The van der Waals surface area contributed by atoms with Crippen molar-refractivity contribution in [1.82, 2.24) is 15.1 Å². The van der Waals surface area contributed by atoms with Crippen LogP contribution in [0, 0.1) is 19.7 Å². The summed E-state index contributed by atoms with van der Waals surface area (Å²) in [6, 6.07) is 5.32. The molecule has 3 nitrogen and oxygen atoms in total. The molecule has 0 saturated carbocycles. The van der Waals surface area contributed by atoms with Crippen LogP contribution in [-0.4, -0.2) is 16.3 Å². The third-order valence-corrected chi connectivity index (χ3v) is 3.96. The molecule has 0 aliphatic carbocycles. The lowest BCUT2D eigenvalue weighted by Crippen LogP contribution is -2.18. The van der Waals surface area contributed by atoms with Gasteiger partial charge in [0.15, 0.2) is 0 Å². The highest BCUT2D eigenvalue weighted by Crippen LogP contribution is 2.25. The molecule has 2 aromatic rings. The maximum atomic E-state index is 14.3. The molecule has 0 bridgehead atoms. The van der Waals surface area contributed by atoms with Gasteiger partial charge in [-0.2, -0.15) is 5.10 Å². The predicted octanol–water partition coefficient (Wildman–Crippen LogP) is 3.95. The van der Waals surface area contributed by atoms with Crippen LogP contribution in [0.4, 0.5) is 4.39 Å². The van der Waals surface area contributed by atoms with Gasteiger partial charge in [0, 0.05) is 6.04 Å². The van der Waals surface area contributed by atoms with Crippen LogP contribution >= 0.6 is 11.6 Å². The number of rotatable bonds is 4. The summed E-state index contributed by atoms with van der Waals surface area (Å²) in [5, 5.41) is 8.12. The molecular formula is C15H19ClFN3. The molecule has 0 spiro atoms. The first-order chi connectivity index (χ1) is 9.45. The van der Waals surface area contributed by atoms with Crippen molar-refractivity contribution in [3.63, 3.8) is 0 Å². The summed E-state index contributed by atoms with van der Waals surface area (Å²) in [5.74, 6) is -0.297. The molecule has 1 atom stereocenters. The van der Waals surface area contributed by atoms with E-state index in [-0.39, 0.29) is 11.9 Å². The lowest BCUT2D eigenvalue weighted by atomic mass is 10.1. The van der Waals surface area contributed by atoms with Crippen molar-refractivity contribution in [2.24, 2.45) is 0 Å². The largest absolute Gasteiger partial charge is 0.310 e. The van der Waals surface area contributed by atoms with Gasteiger partial charge in [0.25, 0.3) is 0 Å². The Balaban J connectivity index is 2.41. The minimum Gasteiger partial charge on any atom is -0.310 e. The average molecular weight is 296 g/mol. The van der Waals surface area contributed by atoms with Crippen LogP contribution in [0.2, 0.25) is 5.02 Å². The van der Waals surface area contributed by atoms with E-state index in [9.17, 15) is 4.39 Å². The fraction of sp³-hybridized carbons (Fsp3) is 0.400. The van der Waals surface area contributed by atoms with Crippen molar-refractivity contribution in [1.29, 1.82) is 0 Å². The van der Waals surface area contributed by atoms with E-state index in [0.717, 1.165) is 17.8 Å². The molecule has 5 heteroatoms. The fourth-order valence-electron chi connectivity index (χ4n) is 2.25.